The second-order valence-corrected chi connectivity index (χ2v) is 4.20. The summed E-state index contributed by atoms with van der Waals surface area (Å²) < 4.78 is 5.11. The van der Waals surface area contributed by atoms with Crippen LogP contribution in [0, 0.1) is 0 Å². The second-order valence-electron chi connectivity index (χ2n) is 4.20. The van der Waals surface area contributed by atoms with Gasteiger partial charge in [-0.1, -0.05) is 12.1 Å². The van der Waals surface area contributed by atoms with E-state index in [1.54, 1.807) is 31.6 Å². The molecule has 1 amide bonds. The third-order valence-electron chi connectivity index (χ3n) is 2.91. The molecule has 4 nitrogen and oxygen atoms in total. The lowest BCUT2D eigenvalue weighted by Crippen LogP contribution is -2.26. The molecule has 19 heavy (non-hydrogen) atoms. The molecule has 0 fully saturated rings. The number of methoxy groups -OCH3 is 1. The van der Waals surface area contributed by atoms with E-state index in [2.05, 4.69) is 10.3 Å². The van der Waals surface area contributed by atoms with E-state index < -0.39 is 0 Å². The summed E-state index contributed by atoms with van der Waals surface area (Å²) in [6.07, 6.45) is 3.21. The summed E-state index contributed by atoms with van der Waals surface area (Å²) in [7, 11) is 1.63. The largest absolute Gasteiger partial charge is 0.497 e. The van der Waals surface area contributed by atoms with Gasteiger partial charge in [-0.3, -0.25) is 9.78 Å². The second kappa shape index (κ2) is 6.00. The summed E-state index contributed by atoms with van der Waals surface area (Å²) >= 11 is 0. The predicted molar refractivity (Wildman–Crippen MR) is 73.1 cm³/mol. The van der Waals surface area contributed by atoms with Gasteiger partial charge in [-0.2, -0.15) is 0 Å². The number of pyridine rings is 1. The molecule has 0 aliphatic heterocycles. The highest BCUT2D eigenvalue weighted by Gasteiger charge is 2.11. The number of benzene rings is 1. The van der Waals surface area contributed by atoms with Gasteiger partial charge >= 0.3 is 0 Å². The molecule has 0 spiro atoms. The molecular formula is C15H16N2O2. The van der Waals surface area contributed by atoms with Crippen LogP contribution in [0.15, 0.2) is 48.8 Å². The maximum atomic E-state index is 12.0. The fourth-order valence-corrected chi connectivity index (χ4v) is 1.76. The van der Waals surface area contributed by atoms with Crippen molar-refractivity contribution in [1.29, 1.82) is 0 Å². The van der Waals surface area contributed by atoms with Gasteiger partial charge in [0.05, 0.1) is 13.2 Å². The Labute approximate surface area is 112 Å². The zero-order valence-electron chi connectivity index (χ0n) is 11.0. The average Bonchev–Trinajstić information content (AvgIpc) is 2.48. The molecule has 0 saturated carbocycles. The van der Waals surface area contributed by atoms with Crippen LogP contribution in [0.25, 0.3) is 0 Å². The van der Waals surface area contributed by atoms with Crippen LogP contribution in [0.4, 0.5) is 0 Å². The van der Waals surface area contributed by atoms with Gasteiger partial charge in [0.2, 0.25) is 0 Å². The van der Waals surface area contributed by atoms with Crippen LogP contribution >= 0.6 is 0 Å². The third kappa shape index (κ3) is 3.31. The quantitative estimate of drug-likeness (QED) is 0.914. The lowest BCUT2D eigenvalue weighted by molar-refractivity contribution is 0.0940. The Balaban J connectivity index is 2.04. The highest BCUT2D eigenvalue weighted by Crippen LogP contribution is 2.17. The number of hydrogen-bond donors (Lipinski definition) is 1. The van der Waals surface area contributed by atoms with Crippen LogP contribution in [-0.2, 0) is 0 Å². The molecule has 1 aromatic carbocycles. The first-order valence-corrected chi connectivity index (χ1v) is 6.05. The molecule has 0 unspecified atom stereocenters. The smallest absolute Gasteiger partial charge is 0.251 e. The van der Waals surface area contributed by atoms with Crippen molar-refractivity contribution in [1.82, 2.24) is 10.3 Å². The number of aromatic nitrogens is 1. The summed E-state index contributed by atoms with van der Waals surface area (Å²) in [4.78, 5) is 15.9. The van der Waals surface area contributed by atoms with Gasteiger partial charge in [0.15, 0.2) is 0 Å². The Bertz CT molecular complexity index is 538. The first kappa shape index (κ1) is 13.1. The number of nitrogens with zero attached hydrogens (tertiary/aromatic N) is 1. The maximum absolute atomic E-state index is 12.0. The zero-order valence-corrected chi connectivity index (χ0v) is 11.0. The van der Waals surface area contributed by atoms with Gasteiger partial charge in [0.1, 0.15) is 5.75 Å². The van der Waals surface area contributed by atoms with E-state index in [4.69, 9.17) is 4.74 Å². The molecular weight excluding hydrogens is 240 g/mol. The minimum Gasteiger partial charge on any atom is -0.497 e. The molecule has 0 radical (unpaired) electrons. The zero-order chi connectivity index (χ0) is 13.7. The van der Waals surface area contributed by atoms with E-state index in [-0.39, 0.29) is 11.9 Å². The fourth-order valence-electron chi connectivity index (χ4n) is 1.76. The van der Waals surface area contributed by atoms with Gasteiger partial charge in [-0.15, -0.1) is 0 Å². The van der Waals surface area contributed by atoms with Crippen LogP contribution in [0.5, 0.6) is 5.75 Å². The molecule has 2 aromatic rings. The molecule has 1 N–H and O–H groups in total. The van der Waals surface area contributed by atoms with Crippen molar-refractivity contribution in [3.63, 3.8) is 0 Å². The third-order valence-corrected chi connectivity index (χ3v) is 2.91. The predicted octanol–water partition coefficient (Wildman–Crippen LogP) is 2.58. The first-order chi connectivity index (χ1) is 9.20. The number of hydrogen-bond acceptors (Lipinski definition) is 3. The standard InChI is InChI=1S/C15H16N2O2/c1-11(12-3-5-14(19-2)6-4-12)17-15(18)13-7-9-16-10-8-13/h3-11H,1-2H3,(H,17,18)/t11-/m0/s1. The molecule has 0 saturated heterocycles. The van der Waals surface area contributed by atoms with E-state index in [0.717, 1.165) is 11.3 Å². The molecule has 1 aromatic heterocycles. The van der Waals surface area contributed by atoms with E-state index in [1.165, 1.54) is 0 Å². The Hall–Kier alpha value is -2.36. The van der Waals surface area contributed by atoms with Gasteiger partial charge in [0, 0.05) is 18.0 Å². The molecule has 4 heteroatoms. The molecule has 2 rings (SSSR count). The Morgan fingerprint density at radius 3 is 2.37 bits per heavy atom. The van der Waals surface area contributed by atoms with Gasteiger partial charge in [-0.25, -0.2) is 0 Å². The highest BCUT2D eigenvalue weighted by molar-refractivity contribution is 5.94. The SMILES string of the molecule is COc1ccc([C@H](C)NC(=O)c2ccncc2)cc1. The lowest BCUT2D eigenvalue weighted by atomic mass is 10.1. The van der Waals surface area contributed by atoms with Gasteiger partial charge in [-0.05, 0) is 36.8 Å². The van der Waals surface area contributed by atoms with Crippen molar-refractivity contribution in [3.05, 3.63) is 59.9 Å². The summed E-state index contributed by atoms with van der Waals surface area (Å²) in [5.41, 5.74) is 1.64. The molecule has 0 aliphatic rings. The summed E-state index contributed by atoms with van der Waals surface area (Å²) in [5, 5.41) is 2.94. The molecule has 1 heterocycles. The van der Waals surface area contributed by atoms with E-state index in [0.29, 0.717) is 5.56 Å². The summed E-state index contributed by atoms with van der Waals surface area (Å²) in [6.45, 7) is 1.95. The number of ether oxygens (including phenoxy) is 1. The topological polar surface area (TPSA) is 51.2 Å². The van der Waals surface area contributed by atoms with Crippen LogP contribution in [0.2, 0.25) is 0 Å². The summed E-state index contributed by atoms with van der Waals surface area (Å²) in [6, 6.07) is 11.0. The fraction of sp³-hybridized carbons (Fsp3) is 0.200. The number of carbonyl (C=O) groups excluding carboxylic acids is 1. The van der Waals surface area contributed by atoms with Crippen molar-refractivity contribution in [3.8, 4) is 5.75 Å². The highest BCUT2D eigenvalue weighted by atomic mass is 16.5. The van der Waals surface area contributed by atoms with Crippen LogP contribution < -0.4 is 10.1 Å². The van der Waals surface area contributed by atoms with Gasteiger partial charge < -0.3 is 10.1 Å². The summed E-state index contributed by atoms with van der Waals surface area (Å²) in [5.74, 6) is 0.696. The van der Waals surface area contributed by atoms with Crippen molar-refractivity contribution >= 4 is 5.91 Å². The number of rotatable bonds is 4. The van der Waals surface area contributed by atoms with Crippen molar-refractivity contribution in [2.75, 3.05) is 7.11 Å². The maximum Gasteiger partial charge on any atom is 0.251 e. The van der Waals surface area contributed by atoms with Gasteiger partial charge in [0.25, 0.3) is 5.91 Å². The van der Waals surface area contributed by atoms with Crippen LogP contribution in [0.1, 0.15) is 28.9 Å². The van der Waals surface area contributed by atoms with E-state index >= 15 is 0 Å². The van der Waals surface area contributed by atoms with E-state index in [1.807, 2.05) is 31.2 Å². The Kier molecular flexibility index (Phi) is 4.13. The monoisotopic (exact) mass is 256 g/mol. The van der Waals surface area contributed by atoms with E-state index in [9.17, 15) is 4.79 Å². The molecule has 0 bridgehead atoms. The Morgan fingerprint density at radius 1 is 1.16 bits per heavy atom. The first-order valence-electron chi connectivity index (χ1n) is 6.05. The molecule has 0 aliphatic carbocycles. The van der Waals surface area contributed by atoms with Crippen LogP contribution in [0.3, 0.4) is 0 Å². The molecule has 1 atom stereocenters. The normalized spacial score (nSPS) is 11.7. The van der Waals surface area contributed by atoms with Crippen LogP contribution in [-0.4, -0.2) is 18.0 Å². The number of nitrogens with one attached hydrogen (secondary N) is 1. The van der Waals surface area contributed by atoms with Crippen molar-refractivity contribution in [2.45, 2.75) is 13.0 Å². The lowest BCUT2D eigenvalue weighted by Gasteiger charge is -2.14. The minimum absolute atomic E-state index is 0.0634. The average molecular weight is 256 g/mol. The minimum atomic E-state index is -0.106. The van der Waals surface area contributed by atoms with Crippen molar-refractivity contribution < 1.29 is 9.53 Å². The Morgan fingerprint density at radius 2 is 1.79 bits per heavy atom. The number of amides is 1. The molecule has 98 valence electrons. The number of carbonyl (C=O) groups is 1. The van der Waals surface area contributed by atoms with Crippen molar-refractivity contribution in [2.24, 2.45) is 0 Å².